The molecule has 96 valence electrons. The maximum atomic E-state index is 12.0. The SMILES string of the molecule is COCN1CCN(C(=O)Nc2ccccc2)C1=S. The van der Waals surface area contributed by atoms with E-state index in [0.717, 1.165) is 5.69 Å². The number of rotatable bonds is 3. The molecule has 1 heterocycles. The number of thiocarbonyl (C=S) groups is 1. The van der Waals surface area contributed by atoms with E-state index < -0.39 is 0 Å². The summed E-state index contributed by atoms with van der Waals surface area (Å²) in [5.41, 5.74) is 0.760. The molecule has 5 nitrogen and oxygen atoms in total. The Morgan fingerprint density at radius 2 is 2.11 bits per heavy atom. The van der Waals surface area contributed by atoms with Crippen molar-refractivity contribution in [1.82, 2.24) is 9.80 Å². The summed E-state index contributed by atoms with van der Waals surface area (Å²) in [6.07, 6.45) is 0. The van der Waals surface area contributed by atoms with Gasteiger partial charge < -0.3 is 15.0 Å². The van der Waals surface area contributed by atoms with Crippen molar-refractivity contribution in [3.8, 4) is 0 Å². The quantitative estimate of drug-likeness (QED) is 0.845. The van der Waals surface area contributed by atoms with Crippen LogP contribution >= 0.6 is 12.2 Å². The molecule has 6 heteroatoms. The highest BCUT2D eigenvalue weighted by Gasteiger charge is 2.29. The zero-order chi connectivity index (χ0) is 13.0. The van der Waals surface area contributed by atoms with Gasteiger partial charge in [-0.15, -0.1) is 0 Å². The Balaban J connectivity index is 1.96. The lowest BCUT2D eigenvalue weighted by atomic mass is 10.3. The van der Waals surface area contributed by atoms with E-state index in [1.54, 1.807) is 12.0 Å². The summed E-state index contributed by atoms with van der Waals surface area (Å²) < 4.78 is 5.02. The summed E-state index contributed by atoms with van der Waals surface area (Å²) in [5.74, 6) is 0. The van der Waals surface area contributed by atoms with Crippen molar-refractivity contribution >= 4 is 29.0 Å². The fraction of sp³-hybridized carbons (Fsp3) is 0.333. The molecular weight excluding hydrogens is 250 g/mol. The third kappa shape index (κ3) is 2.77. The minimum absolute atomic E-state index is 0.204. The molecule has 1 aliphatic rings. The standard InChI is InChI=1S/C12H15N3O2S/c1-17-9-14-7-8-15(12(14)18)11(16)13-10-5-3-2-4-6-10/h2-6H,7-9H2,1H3,(H,13,16). The summed E-state index contributed by atoms with van der Waals surface area (Å²) in [6, 6.07) is 9.11. The number of ether oxygens (including phenoxy) is 1. The van der Waals surface area contributed by atoms with Crippen molar-refractivity contribution in [3.63, 3.8) is 0 Å². The number of hydrogen-bond donors (Lipinski definition) is 1. The van der Waals surface area contributed by atoms with Gasteiger partial charge in [-0.25, -0.2) is 4.79 Å². The number of benzene rings is 1. The number of para-hydroxylation sites is 1. The minimum atomic E-state index is -0.204. The van der Waals surface area contributed by atoms with Crippen molar-refractivity contribution < 1.29 is 9.53 Å². The average Bonchev–Trinajstić information content (AvgIpc) is 2.73. The Kier molecular flexibility index (Phi) is 4.11. The first-order chi connectivity index (χ1) is 8.72. The maximum absolute atomic E-state index is 12.0. The summed E-state index contributed by atoms with van der Waals surface area (Å²) >= 11 is 5.23. The molecule has 0 atom stereocenters. The largest absolute Gasteiger partial charge is 0.364 e. The van der Waals surface area contributed by atoms with Gasteiger partial charge in [0.2, 0.25) is 0 Å². The van der Waals surface area contributed by atoms with Crippen LogP contribution in [0.2, 0.25) is 0 Å². The van der Waals surface area contributed by atoms with Gasteiger partial charge in [-0.2, -0.15) is 0 Å². The van der Waals surface area contributed by atoms with Crippen molar-refractivity contribution in [2.75, 3.05) is 32.2 Å². The lowest BCUT2D eigenvalue weighted by Crippen LogP contribution is -2.39. The fourth-order valence-corrected chi connectivity index (χ4v) is 2.08. The molecule has 1 saturated heterocycles. The molecule has 0 aromatic heterocycles. The van der Waals surface area contributed by atoms with E-state index in [-0.39, 0.29) is 6.03 Å². The van der Waals surface area contributed by atoms with Gasteiger partial charge in [0.15, 0.2) is 5.11 Å². The molecular formula is C12H15N3O2S. The zero-order valence-electron chi connectivity index (χ0n) is 10.1. The van der Waals surface area contributed by atoms with Gasteiger partial charge in [0.05, 0.1) is 0 Å². The molecule has 2 rings (SSSR count). The molecule has 0 spiro atoms. The van der Waals surface area contributed by atoms with Crippen LogP contribution in [-0.2, 0) is 4.74 Å². The number of nitrogens with one attached hydrogen (secondary N) is 1. The Hall–Kier alpha value is -1.66. The smallest absolute Gasteiger partial charge is 0.328 e. The molecule has 0 saturated carbocycles. The van der Waals surface area contributed by atoms with E-state index in [1.165, 1.54) is 0 Å². The normalized spacial score (nSPS) is 15.1. The Morgan fingerprint density at radius 3 is 2.78 bits per heavy atom. The fourth-order valence-electron chi connectivity index (χ4n) is 1.76. The molecule has 1 aromatic rings. The van der Waals surface area contributed by atoms with E-state index in [2.05, 4.69) is 5.32 Å². The molecule has 1 aromatic carbocycles. The zero-order valence-corrected chi connectivity index (χ0v) is 10.9. The van der Waals surface area contributed by atoms with Gasteiger partial charge >= 0.3 is 6.03 Å². The van der Waals surface area contributed by atoms with Crippen LogP contribution < -0.4 is 5.32 Å². The van der Waals surface area contributed by atoms with E-state index in [0.29, 0.717) is 24.9 Å². The van der Waals surface area contributed by atoms with Gasteiger partial charge in [0, 0.05) is 25.9 Å². The molecule has 0 radical (unpaired) electrons. The van der Waals surface area contributed by atoms with Crippen LogP contribution in [0.25, 0.3) is 0 Å². The molecule has 1 N–H and O–H groups in total. The highest BCUT2D eigenvalue weighted by atomic mass is 32.1. The van der Waals surface area contributed by atoms with Crippen LogP contribution in [0.15, 0.2) is 30.3 Å². The van der Waals surface area contributed by atoms with Crippen molar-refractivity contribution in [2.45, 2.75) is 0 Å². The highest BCUT2D eigenvalue weighted by Crippen LogP contribution is 2.12. The van der Waals surface area contributed by atoms with Crippen LogP contribution in [0.5, 0.6) is 0 Å². The molecule has 0 unspecified atom stereocenters. The molecule has 2 amide bonds. The maximum Gasteiger partial charge on any atom is 0.328 e. The molecule has 1 aliphatic heterocycles. The van der Waals surface area contributed by atoms with Crippen molar-refractivity contribution in [3.05, 3.63) is 30.3 Å². The second kappa shape index (κ2) is 5.79. The predicted octanol–water partition coefficient (Wildman–Crippen LogP) is 1.72. The van der Waals surface area contributed by atoms with Gasteiger partial charge in [0.25, 0.3) is 0 Å². The number of urea groups is 1. The number of carbonyl (C=O) groups is 1. The Morgan fingerprint density at radius 1 is 1.39 bits per heavy atom. The van der Waals surface area contributed by atoms with Crippen LogP contribution in [0.1, 0.15) is 0 Å². The second-order valence-corrected chi connectivity index (χ2v) is 4.28. The third-order valence-electron chi connectivity index (χ3n) is 2.65. The average molecular weight is 265 g/mol. The van der Waals surface area contributed by atoms with Gasteiger partial charge in [-0.1, -0.05) is 18.2 Å². The summed E-state index contributed by atoms with van der Waals surface area (Å²) in [5, 5.41) is 3.31. The molecule has 0 aliphatic carbocycles. The number of nitrogens with zero attached hydrogens (tertiary/aromatic N) is 2. The van der Waals surface area contributed by atoms with Gasteiger partial charge in [0.1, 0.15) is 6.73 Å². The lowest BCUT2D eigenvalue weighted by molar-refractivity contribution is 0.118. The molecule has 1 fully saturated rings. The minimum Gasteiger partial charge on any atom is -0.364 e. The molecule has 18 heavy (non-hydrogen) atoms. The number of hydrogen-bond acceptors (Lipinski definition) is 3. The molecule has 0 bridgehead atoms. The second-order valence-electron chi connectivity index (χ2n) is 3.91. The van der Waals surface area contributed by atoms with Crippen LogP contribution in [0, 0.1) is 0 Å². The van der Waals surface area contributed by atoms with Crippen LogP contribution in [0.4, 0.5) is 10.5 Å². The van der Waals surface area contributed by atoms with Crippen molar-refractivity contribution in [1.29, 1.82) is 0 Å². The highest BCUT2D eigenvalue weighted by molar-refractivity contribution is 7.80. The van der Waals surface area contributed by atoms with E-state index in [9.17, 15) is 4.79 Å². The summed E-state index contributed by atoms with van der Waals surface area (Å²) in [7, 11) is 1.61. The van der Waals surface area contributed by atoms with Crippen molar-refractivity contribution in [2.24, 2.45) is 0 Å². The number of anilines is 1. The Bertz CT molecular complexity index is 438. The Labute approximate surface area is 111 Å². The van der Waals surface area contributed by atoms with E-state index in [1.807, 2.05) is 35.2 Å². The topological polar surface area (TPSA) is 44.8 Å². The first-order valence-electron chi connectivity index (χ1n) is 5.64. The first kappa shape index (κ1) is 12.8. The van der Waals surface area contributed by atoms with Crippen LogP contribution in [-0.4, -0.2) is 47.9 Å². The van der Waals surface area contributed by atoms with E-state index >= 15 is 0 Å². The van der Waals surface area contributed by atoms with Crippen LogP contribution in [0.3, 0.4) is 0 Å². The van der Waals surface area contributed by atoms with Gasteiger partial charge in [-0.3, -0.25) is 4.90 Å². The third-order valence-corrected chi connectivity index (χ3v) is 3.13. The summed E-state index contributed by atoms with van der Waals surface area (Å²) in [6.45, 7) is 1.70. The monoisotopic (exact) mass is 265 g/mol. The lowest BCUT2D eigenvalue weighted by Gasteiger charge is -2.20. The first-order valence-corrected chi connectivity index (χ1v) is 6.04. The summed E-state index contributed by atoms with van der Waals surface area (Å²) in [4.78, 5) is 15.4. The number of carbonyl (C=O) groups excluding carboxylic acids is 1. The number of amides is 2. The van der Waals surface area contributed by atoms with E-state index in [4.69, 9.17) is 17.0 Å². The van der Waals surface area contributed by atoms with Gasteiger partial charge in [-0.05, 0) is 24.4 Å². The predicted molar refractivity (Wildman–Crippen MR) is 73.3 cm³/mol. The number of methoxy groups -OCH3 is 1.